The third kappa shape index (κ3) is 3.98. The predicted octanol–water partition coefficient (Wildman–Crippen LogP) is 4.61. The molecule has 0 aliphatic rings. The number of aliphatic hydroxyl groups excluding tert-OH is 1. The van der Waals surface area contributed by atoms with E-state index in [1.807, 2.05) is 30.3 Å². The molecule has 0 radical (unpaired) electrons. The number of rotatable bonds is 4. The van der Waals surface area contributed by atoms with Crippen molar-refractivity contribution >= 4 is 21.6 Å². The molecule has 0 aliphatic carbocycles. The van der Waals surface area contributed by atoms with Crippen LogP contribution in [-0.4, -0.2) is 11.7 Å². The lowest BCUT2D eigenvalue weighted by Gasteiger charge is -2.19. The largest absolute Gasteiger partial charge is 0.416 e. The zero-order valence-corrected chi connectivity index (χ0v) is 12.4. The van der Waals surface area contributed by atoms with Gasteiger partial charge < -0.3 is 10.4 Å². The first-order valence-electron chi connectivity index (χ1n) is 6.21. The third-order valence-corrected chi connectivity index (χ3v) is 3.67. The van der Waals surface area contributed by atoms with Gasteiger partial charge in [-0.15, -0.1) is 0 Å². The number of nitrogens with one attached hydrogen (secondary N) is 1. The first-order valence-corrected chi connectivity index (χ1v) is 7.00. The second-order valence-electron chi connectivity index (χ2n) is 4.48. The van der Waals surface area contributed by atoms with Gasteiger partial charge in [-0.1, -0.05) is 30.3 Å². The van der Waals surface area contributed by atoms with E-state index in [0.29, 0.717) is 10.2 Å². The molecule has 2 aromatic rings. The number of hydrogen-bond donors (Lipinski definition) is 2. The molecule has 21 heavy (non-hydrogen) atoms. The van der Waals surface area contributed by atoms with Crippen LogP contribution in [-0.2, 0) is 6.18 Å². The zero-order valence-electron chi connectivity index (χ0n) is 10.9. The maximum absolute atomic E-state index is 12.6. The minimum absolute atomic E-state index is 0.169. The van der Waals surface area contributed by atoms with Gasteiger partial charge in [0.2, 0.25) is 0 Å². The van der Waals surface area contributed by atoms with Crippen molar-refractivity contribution in [3.05, 3.63) is 64.1 Å². The van der Waals surface area contributed by atoms with Crippen LogP contribution >= 0.6 is 15.9 Å². The summed E-state index contributed by atoms with van der Waals surface area (Å²) in [6, 6.07) is 12.2. The fourth-order valence-corrected chi connectivity index (χ4v) is 2.41. The number of aliphatic hydroxyl groups is 1. The van der Waals surface area contributed by atoms with E-state index in [1.54, 1.807) is 0 Å². The van der Waals surface area contributed by atoms with E-state index in [1.165, 1.54) is 6.07 Å². The molecular weight excluding hydrogens is 347 g/mol. The number of halogens is 4. The van der Waals surface area contributed by atoms with Crippen LogP contribution in [0.5, 0.6) is 0 Å². The van der Waals surface area contributed by atoms with Crippen LogP contribution in [0.2, 0.25) is 0 Å². The molecule has 0 saturated heterocycles. The Labute approximate surface area is 128 Å². The lowest BCUT2D eigenvalue weighted by molar-refractivity contribution is -0.137. The van der Waals surface area contributed by atoms with Crippen molar-refractivity contribution in [1.82, 2.24) is 0 Å². The Kier molecular flexibility index (Phi) is 4.90. The summed E-state index contributed by atoms with van der Waals surface area (Å²) in [5.74, 6) is 0. The first kappa shape index (κ1) is 15.9. The SMILES string of the molecule is OCC(Nc1ccc(C(F)(F)F)cc1Br)c1ccccc1. The quantitative estimate of drug-likeness (QED) is 0.835. The summed E-state index contributed by atoms with van der Waals surface area (Å²) in [5, 5.41) is 12.5. The zero-order chi connectivity index (χ0) is 15.5. The van der Waals surface area contributed by atoms with Crippen LogP contribution < -0.4 is 5.32 Å². The van der Waals surface area contributed by atoms with Crippen LogP contribution in [0.1, 0.15) is 17.2 Å². The van der Waals surface area contributed by atoms with Crippen molar-refractivity contribution in [3.63, 3.8) is 0 Å². The highest BCUT2D eigenvalue weighted by molar-refractivity contribution is 9.10. The van der Waals surface area contributed by atoms with Crippen molar-refractivity contribution in [2.75, 3.05) is 11.9 Å². The van der Waals surface area contributed by atoms with Gasteiger partial charge in [-0.3, -0.25) is 0 Å². The molecule has 2 rings (SSSR count). The summed E-state index contributed by atoms with van der Waals surface area (Å²) in [5.41, 5.74) is 0.623. The van der Waals surface area contributed by atoms with Crippen molar-refractivity contribution in [3.8, 4) is 0 Å². The summed E-state index contributed by atoms with van der Waals surface area (Å²) in [7, 11) is 0. The molecule has 6 heteroatoms. The standard InChI is InChI=1S/C15H13BrF3NO/c16-12-8-11(15(17,18)19)6-7-13(12)20-14(9-21)10-4-2-1-3-5-10/h1-8,14,20-21H,9H2. The molecule has 0 aliphatic heterocycles. The minimum atomic E-state index is -4.38. The molecule has 0 heterocycles. The van der Waals surface area contributed by atoms with Crippen LogP contribution in [0.15, 0.2) is 53.0 Å². The smallest absolute Gasteiger partial charge is 0.394 e. The Morgan fingerprint density at radius 2 is 1.76 bits per heavy atom. The highest BCUT2D eigenvalue weighted by Gasteiger charge is 2.30. The van der Waals surface area contributed by atoms with Gasteiger partial charge in [0.05, 0.1) is 18.2 Å². The Bertz CT molecular complexity index is 602. The van der Waals surface area contributed by atoms with Gasteiger partial charge in [0.1, 0.15) is 0 Å². The average Bonchev–Trinajstić information content (AvgIpc) is 2.46. The summed E-state index contributed by atoms with van der Waals surface area (Å²) in [6.07, 6.45) is -4.38. The maximum atomic E-state index is 12.6. The highest BCUT2D eigenvalue weighted by atomic mass is 79.9. The van der Waals surface area contributed by atoms with Gasteiger partial charge in [0.15, 0.2) is 0 Å². The molecule has 112 valence electrons. The molecule has 1 atom stereocenters. The Morgan fingerprint density at radius 1 is 1.10 bits per heavy atom. The van der Waals surface area contributed by atoms with Crippen molar-refractivity contribution in [1.29, 1.82) is 0 Å². The Balaban J connectivity index is 2.23. The van der Waals surface area contributed by atoms with Gasteiger partial charge >= 0.3 is 6.18 Å². The molecule has 0 aromatic heterocycles. The second kappa shape index (κ2) is 6.49. The number of anilines is 1. The minimum Gasteiger partial charge on any atom is -0.394 e. The molecule has 2 nitrogen and oxygen atoms in total. The highest BCUT2D eigenvalue weighted by Crippen LogP contribution is 2.35. The van der Waals surface area contributed by atoms with Gasteiger partial charge in [-0.25, -0.2) is 0 Å². The van der Waals surface area contributed by atoms with Crippen LogP contribution in [0, 0.1) is 0 Å². The molecular formula is C15H13BrF3NO. The van der Waals surface area contributed by atoms with Gasteiger partial charge in [-0.2, -0.15) is 13.2 Å². The van der Waals surface area contributed by atoms with E-state index >= 15 is 0 Å². The number of hydrogen-bond acceptors (Lipinski definition) is 2. The summed E-state index contributed by atoms with van der Waals surface area (Å²) in [6.45, 7) is -0.169. The maximum Gasteiger partial charge on any atom is 0.416 e. The van der Waals surface area contributed by atoms with Crippen molar-refractivity contribution in [2.45, 2.75) is 12.2 Å². The monoisotopic (exact) mass is 359 g/mol. The van der Waals surface area contributed by atoms with Crippen LogP contribution in [0.4, 0.5) is 18.9 Å². The summed E-state index contributed by atoms with van der Waals surface area (Å²) in [4.78, 5) is 0. The molecule has 0 spiro atoms. The van der Waals surface area contributed by atoms with E-state index in [4.69, 9.17) is 0 Å². The lowest BCUT2D eigenvalue weighted by Crippen LogP contribution is -2.15. The fourth-order valence-electron chi connectivity index (χ4n) is 1.92. The molecule has 0 saturated carbocycles. The topological polar surface area (TPSA) is 32.3 Å². The summed E-state index contributed by atoms with van der Waals surface area (Å²) < 4.78 is 38.1. The van der Waals surface area contributed by atoms with E-state index in [-0.39, 0.29) is 12.6 Å². The van der Waals surface area contributed by atoms with Crippen molar-refractivity contribution < 1.29 is 18.3 Å². The normalized spacial score (nSPS) is 13.0. The van der Waals surface area contributed by atoms with E-state index in [2.05, 4.69) is 21.2 Å². The Morgan fingerprint density at radius 3 is 2.29 bits per heavy atom. The molecule has 0 bridgehead atoms. The van der Waals surface area contributed by atoms with Crippen LogP contribution in [0.3, 0.4) is 0 Å². The fraction of sp³-hybridized carbons (Fsp3) is 0.200. The third-order valence-electron chi connectivity index (χ3n) is 3.01. The number of alkyl halides is 3. The molecule has 1 unspecified atom stereocenters. The first-order chi connectivity index (χ1) is 9.91. The lowest BCUT2D eigenvalue weighted by atomic mass is 10.1. The van der Waals surface area contributed by atoms with Crippen LogP contribution in [0.25, 0.3) is 0 Å². The number of benzene rings is 2. The van der Waals surface area contributed by atoms with E-state index < -0.39 is 11.7 Å². The van der Waals surface area contributed by atoms with E-state index in [9.17, 15) is 18.3 Å². The second-order valence-corrected chi connectivity index (χ2v) is 5.34. The van der Waals surface area contributed by atoms with E-state index in [0.717, 1.165) is 17.7 Å². The van der Waals surface area contributed by atoms with Gasteiger partial charge in [0, 0.05) is 10.2 Å². The average molecular weight is 360 g/mol. The molecule has 2 N–H and O–H groups in total. The van der Waals surface area contributed by atoms with Gasteiger partial charge in [0.25, 0.3) is 0 Å². The van der Waals surface area contributed by atoms with Gasteiger partial charge in [-0.05, 0) is 39.7 Å². The van der Waals surface area contributed by atoms with Crippen molar-refractivity contribution in [2.24, 2.45) is 0 Å². The predicted molar refractivity (Wildman–Crippen MR) is 79.0 cm³/mol. The Hall–Kier alpha value is -1.53. The molecule has 2 aromatic carbocycles. The summed E-state index contributed by atoms with van der Waals surface area (Å²) >= 11 is 3.13. The molecule has 0 amide bonds. The molecule has 0 fully saturated rings.